The standard InChI is InChI=1S/C11H12N2O/c1-7-5-8-3-4-13-6-9(8)10(12)11(7)14-2/h3-6H,12H2,1-2H3. The predicted molar refractivity (Wildman–Crippen MR) is 57.4 cm³/mol. The van der Waals surface area contributed by atoms with Crippen molar-refractivity contribution in [3.63, 3.8) is 0 Å². The van der Waals surface area contributed by atoms with Crippen molar-refractivity contribution in [2.45, 2.75) is 6.92 Å². The molecule has 1 aromatic carbocycles. The van der Waals surface area contributed by atoms with Crippen molar-refractivity contribution < 1.29 is 4.74 Å². The Morgan fingerprint density at radius 2 is 2.21 bits per heavy atom. The molecule has 0 amide bonds. The molecule has 0 radical (unpaired) electrons. The molecule has 0 aliphatic heterocycles. The molecule has 2 rings (SSSR count). The van der Waals surface area contributed by atoms with Crippen molar-refractivity contribution >= 4 is 16.5 Å². The van der Waals surface area contributed by atoms with Crippen molar-refractivity contribution in [2.24, 2.45) is 0 Å². The fourth-order valence-electron chi connectivity index (χ4n) is 1.66. The van der Waals surface area contributed by atoms with Crippen LogP contribution in [0.1, 0.15) is 5.56 Å². The van der Waals surface area contributed by atoms with Crippen LogP contribution in [0.15, 0.2) is 24.5 Å². The maximum Gasteiger partial charge on any atom is 0.145 e. The predicted octanol–water partition coefficient (Wildman–Crippen LogP) is 2.13. The van der Waals surface area contributed by atoms with E-state index in [0.29, 0.717) is 5.69 Å². The SMILES string of the molecule is COc1c(C)cc2ccncc2c1N. The Balaban J connectivity index is 2.86. The molecule has 0 bridgehead atoms. The number of aromatic nitrogens is 1. The second kappa shape index (κ2) is 3.18. The van der Waals surface area contributed by atoms with Gasteiger partial charge in [-0.1, -0.05) is 0 Å². The summed E-state index contributed by atoms with van der Waals surface area (Å²) in [6.07, 6.45) is 3.51. The van der Waals surface area contributed by atoms with Crippen molar-refractivity contribution in [1.82, 2.24) is 4.98 Å². The maximum atomic E-state index is 5.97. The van der Waals surface area contributed by atoms with Gasteiger partial charge >= 0.3 is 0 Å². The molecule has 0 atom stereocenters. The highest BCUT2D eigenvalue weighted by Crippen LogP contribution is 2.33. The number of nitrogen functional groups attached to an aromatic ring is 1. The zero-order valence-corrected chi connectivity index (χ0v) is 8.24. The molecular formula is C11H12N2O. The van der Waals surface area contributed by atoms with Crippen LogP contribution in [0.25, 0.3) is 10.8 Å². The zero-order chi connectivity index (χ0) is 10.1. The Kier molecular flexibility index (Phi) is 2.00. The highest BCUT2D eigenvalue weighted by Gasteiger charge is 2.07. The maximum absolute atomic E-state index is 5.97. The van der Waals surface area contributed by atoms with Crippen molar-refractivity contribution in [3.8, 4) is 5.75 Å². The minimum Gasteiger partial charge on any atom is -0.494 e. The summed E-state index contributed by atoms with van der Waals surface area (Å²) in [5.74, 6) is 0.741. The van der Waals surface area contributed by atoms with Gasteiger partial charge < -0.3 is 10.5 Å². The van der Waals surface area contributed by atoms with Crippen LogP contribution in [0.3, 0.4) is 0 Å². The summed E-state index contributed by atoms with van der Waals surface area (Å²) in [5.41, 5.74) is 7.67. The summed E-state index contributed by atoms with van der Waals surface area (Å²) in [6, 6.07) is 3.99. The van der Waals surface area contributed by atoms with Crippen molar-refractivity contribution in [1.29, 1.82) is 0 Å². The number of benzene rings is 1. The molecule has 1 heterocycles. The van der Waals surface area contributed by atoms with Gasteiger partial charge in [-0.05, 0) is 30.0 Å². The van der Waals surface area contributed by atoms with E-state index in [1.54, 1.807) is 19.5 Å². The van der Waals surface area contributed by atoms with E-state index in [2.05, 4.69) is 4.98 Å². The van der Waals surface area contributed by atoms with Crippen LogP contribution in [0.5, 0.6) is 5.75 Å². The molecule has 0 unspecified atom stereocenters. The molecule has 3 heteroatoms. The second-order valence-corrected chi connectivity index (χ2v) is 3.24. The third-order valence-electron chi connectivity index (χ3n) is 2.32. The number of hydrogen-bond acceptors (Lipinski definition) is 3. The number of rotatable bonds is 1. The number of fused-ring (bicyclic) bond motifs is 1. The van der Waals surface area contributed by atoms with E-state index in [-0.39, 0.29) is 0 Å². The fourth-order valence-corrected chi connectivity index (χ4v) is 1.66. The van der Waals surface area contributed by atoms with Gasteiger partial charge in [-0.2, -0.15) is 0 Å². The molecule has 0 fully saturated rings. The van der Waals surface area contributed by atoms with Crippen LogP contribution < -0.4 is 10.5 Å². The summed E-state index contributed by atoms with van der Waals surface area (Å²) in [4.78, 5) is 4.04. The summed E-state index contributed by atoms with van der Waals surface area (Å²) in [6.45, 7) is 1.98. The number of hydrogen-bond donors (Lipinski definition) is 1. The van der Waals surface area contributed by atoms with E-state index in [9.17, 15) is 0 Å². The van der Waals surface area contributed by atoms with Crippen LogP contribution in [0.4, 0.5) is 5.69 Å². The van der Waals surface area contributed by atoms with Gasteiger partial charge in [0.1, 0.15) is 5.75 Å². The third kappa shape index (κ3) is 1.18. The first-order valence-corrected chi connectivity index (χ1v) is 4.41. The first-order valence-electron chi connectivity index (χ1n) is 4.41. The van der Waals surface area contributed by atoms with Crippen molar-refractivity contribution in [3.05, 3.63) is 30.1 Å². The van der Waals surface area contributed by atoms with Crippen molar-refractivity contribution in [2.75, 3.05) is 12.8 Å². The highest BCUT2D eigenvalue weighted by molar-refractivity contribution is 5.96. The normalized spacial score (nSPS) is 10.4. The summed E-state index contributed by atoms with van der Waals surface area (Å²) in [7, 11) is 1.63. The first-order chi connectivity index (χ1) is 6.74. The highest BCUT2D eigenvalue weighted by atomic mass is 16.5. The van der Waals surface area contributed by atoms with Crippen LogP contribution in [-0.2, 0) is 0 Å². The molecule has 3 nitrogen and oxygen atoms in total. The van der Waals surface area contributed by atoms with Crippen LogP contribution in [0.2, 0.25) is 0 Å². The number of ether oxygens (including phenoxy) is 1. The topological polar surface area (TPSA) is 48.1 Å². The van der Waals surface area contributed by atoms with Gasteiger partial charge in [0.15, 0.2) is 0 Å². The van der Waals surface area contributed by atoms with Gasteiger partial charge in [-0.15, -0.1) is 0 Å². The molecule has 0 saturated carbocycles. The van der Waals surface area contributed by atoms with Gasteiger partial charge in [0.25, 0.3) is 0 Å². The smallest absolute Gasteiger partial charge is 0.145 e. The molecule has 2 N–H and O–H groups in total. The number of nitrogens with two attached hydrogens (primary N) is 1. The van der Waals surface area contributed by atoms with E-state index < -0.39 is 0 Å². The minimum atomic E-state index is 0.663. The van der Waals surface area contributed by atoms with Gasteiger partial charge in [-0.25, -0.2) is 0 Å². The quantitative estimate of drug-likeness (QED) is 0.697. The molecule has 1 aromatic heterocycles. The van der Waals surface area contributed by atoms with Gasteiger partial charge in [0.2, 0.25) is 0 Å². The van der Waals surface area contributed by atoms with Gasteiger partial charge in [0.05, 0.1) is 12.8 Å². The lowest BCUT2D eigenvalue weighted by Crippen LogP contribution is -1.96. The Morgan fingerprint density at radius 1 is 1.43 bits per heavy atom. The number of nitrogens with zero attached hydrogens (tertiary/aromatic N) is 1. The third-order valence-corrected chi connectivity index (χ3v) is 2.32. The first kappa shape index (κ1) is 8.81. The Hall–Kier alpha value is -1.77. The lowest BCUT2D eigenvalue weighted by Gasteiger charge is -2.10. The average molecular weight is 188 g/mol. The Labute approximate surface area is 82.5 Å². The number of methoxy groups -OCH3 is 1. The summed E-state index contributed by atoms with van der Waals surface area (Å²) in [5, 5.41) is 2.03. The van der Waals surface area contributed by atoms with Crippen LogP contribution in [0, 0.1) is 6.92 Å². The minimum absolute atomic E-state index is 0.663. The van der Waals surface area contributed by atoms with E-state index in [1.807, 2.05) is 19.1 Å². The molecule has 0 spiro atoms. The van der Waals surface area contributed by atoms with Crippen LogP contribution >= 0.6 is 0 Å². The van der Waals surface area contributed by atoms with E-state index in [4.69, 9.17) is 10.5 Å². The number of anilines is 1. The summed E-state index contributed by atoms with van der Waals surface area (Å²) >= 11 is 0. The molecule has 0 aliphatic rings. The molecule has 14 heavy (non-hydrogen) atoms. The molecule has 0 aliphatic carbocycles. The van der Waals surface area contributed by atoms with Gasteiger partial charge in [0, 0.05) is 17.8 Å². The van der Waals surface area contributed by atoms with E-state index in [1.165, 1.54) is 0 Å². The lowest BCUT2D eigenvalue weighted by atomic mass is 10.1. The second-order valence-electron chi connectivity index (χ2n) is 3.24. The number of aryl methyl sites for hydroxylation is 1. The van der Waals surface area contributed by atoms with Crippen LogP contribution in [-0.4, -0.2) is 12.1 Å². The van der Waals surface area contributed by atoms with E-state index >= 15 is 0 Å². The van der Waals surface area contributed by atoms with E-state index in [0.717, 1.165) is 22.1 Å². The number of pyridine rings is 1. The summed E-state index contributed by atoms with van der Waals surface area (Å²) < 4.78 is 5.23. The zero-order valence-electron chi connectivity index (χ0n) is 8.24. The molecule has 2 aromatic rings. The Morgan fingerprint density at radius 3 is 2.93 bits per heavy atom. The molecule has 0 saturated heterocycles. The molecule has 72 valence electrons. The largest absolute Gasteiger partial charge is 0.494 e. The molecular weight excluding hydrogens is 176 g/mol. The lowest BCUT2D eigenvalue weighted by molar-refractivity contribution is 0.414. The van der Waals surface area contributed by atoms with Gasteiger partial charge in [-0.3, -0.25) is 4.98 Å². The average Bonchev–Trinajstić information content (AvgIpc) is 2.18. The Bertz CT molecular complexity index is 480. The fraction of sp³-hybridized carbons (Fsp3) is 0.182. The monoisotopic (exact) mass is 188 g/mol.